The maximum atomic E-state index is 11.8. The molecule has 0 aliphatic heterocycles. The van der Waals surface area contributed by atoms with Gasteiger partial charge < -0.3 is 4.74 Å². The van der Waals surface area contributed by atoms with Gasteiger partial charge in [0.05, 0.1) is 13.8 Å². The van der Waals surface area contributed by atoms with E-state index in [9.17, 15) is 9.18 Å². The third kappa shape index (κ3) is 7.65. The maximum absolute atomic E-state index is 11.8. The van der Waals surface area contributed by atoms with Crippen LogP contribution in [0.15, 0.2) is 0 Å². The van der Waals surface area contributed by atoms with Gasteiger partial charge in [-0.25, -0.2) is 0 Å². The van der Waals surface area contributed by atoms with E-state index in [2.05, 4.69) is 6.92 Å². The monoisotopic (exact) mass is 236 g/mol. The average Bonchev–Trinajstić information content (AvgIpc) is 2.27. The molecule has 1 atom stereocenters. The molecule has 0 heterocycles. The van der Waals surface area contributed by atoms with Gasteiger partial charge in [-0.05, 0) is 25.0 Å². The smallest absolute Gasteiger partial charge is 0.318 e. The predicted octanol–water partition coefficient (Wildman–Crippen LogP) is 3.20. The van der Waals surface area contributed by atoms with Gasteiger partial charge in [-0.1, -0.05) is 19.8 Å². The van der Waals surface area contributed by atoms with Crippen molar-refractivity contribution >= 4 is 17.7 Å². The Labute approximate surface area is 96.0 Å². The van der Waals surface area contributed by atoms with E-state index in [1.807, 2.05) is 0 Å². The zero-order valence-electron chi connectivity index (χ0n) is 9.63. The molecule has 2 nitrogen and oxygen atoms in total. The number of esters is 1. The van der Waals surface area contributed by atoms with Gasteiger partial charge in [-0.3, -0.25) is 9.18 Å². The number of carbonyl (C=O) groups is 1. The summed E-state index contributed by atoms with van der Waals surface area (Å²) >= 11 is 1.59. The van der Waals surface area contributed by atoms with Crippen molar-refractivity contribution in [1.82, 2.24) is 0 Å². The minimum Gasteiger partial charge on any atom is -0.468 e. The maximum Gasteiger partial charge on any atom is 0.318 e. The summed E-state index contributed by atoms with van der Waals surface area (Å²) in [7, 11) is 1.42. The Hall–Kier alpha value is -0.250. The molecule has 0 saturated carbocycles. The lowest BCUT2D eigenvalue weighted by Crippen LogP contribution is -2.19. The summed E-state index contributed by atoms with van der Waals surface area (Å²) in [6, 6.07) is 0. The van der Waals surface area contributed by atoms with Crippen LogP contribution in [0.5, 0.6) is 0 Å². The normalized spacial score (nSPS) is 12.5. The molecule has 0 aliphatic rings. The van der Waals surface area contributed by atoms with Gasteiger partial charge in [0.25, 0.3) is 0 Å². The van der Waals surface area contributed by atoms with Crippen molar-refractivity contribution < 1.29 is 13.9 Å². The Balaban J connectivity index is 3.74. The first-order valence-corrected chi connectivity index (χ1v) is 6.56. The first-order valence-electron chi connectivity index (χ1n) is 5.51. The molecule has 0 N–H and O–H groups in total. The number of carbonyl (C=O) groups excluding carboxylic acids is 1. The van der Waals surface area contributed by atoms with Crippen LogP contribution in [-0.2, 0) is 9.53 Å². The van der Waals surface area contributed by atoms with Crippen molar-refractivity contribution in [2.75, 3.05) is 19.5 Å². The van der Waals surface area contributed by atoms with E-state index in [0.29, 0.717) is 6.42 Å². The van der Waals surface area contributed by atoms with Crippen LogP contribution < -0.4 is 0 Å². The van der Waals surface area contributed by atoms with Crippen LogP contribution in [0.1, 0.15) is 39.0 Å². The molecule has 0 aromatic heterocycles. The molecule has 0 rings (SSSR count). The third-order valence-electron chi connectivity index (χ3n) is 2.13. The summed E-state index contributed by atoms with van der Waals surface area (Å²) < 4.78 is 16.6. The Bertz CT molecular complexity index is 165. The molecule has 0 radical (unpaired) electrons. The van der Waals surface area contributed by atoms with E-state index in [1.54, 1.807) is 11.8 Å². The summed E-state index contributed by atoms with van der Waals surface area (Å²) in [4.78, 5) is 11.4. The fourth-order valence-electron chi connectivity index (χ4n) is 1.21. The van der Waals surface area contributed by atoms with Gasteiger partial charge in [0.2, 0.25) is 0 Å². The fourth-order valence-corrected chi connectivity index (χ4v) is 2.43. The second-order valence-electron chi connectivity index (χ2n) is 3.42. The highest BCUT2D eigenvalue weighted by molar-refractivity contribution is 8.00. The van der Waals surface area contributed by atoms with Gasteiger partial charge in [0.1, 0.15) is 5.25 Å². The molecule has 0 aliphatic carbocycles. The van der Waals surface area contributed by atoms with Gasteiger partial charge in [-0.2, -0.15) is 0 Å². The van der Waals surface area contributed by atoms with Crippen molar-refractivity contribution in [3.63, 3.8) is 0 Å². The van der Waals surface area contributed by atoms with Crippen molar-refractivity contribution in [3.05, 3.63) is 0 Å². The van der Waals surface area contributed by atoms with Gasteiger partial charge in [-0.15, -0.1) is 11.8 Å². The molecule has 15 heavy (non-hydrogen) atoms. The average molecular weight is 236 g/mol. The van der Waals surface area contributed by atoms with Crippen LogP contribution in [0.4, 0.5) is 4.39 Å². The van der Waals surface area contributed by atoms with Crippen molar-refractivity contribution in [3.8, 4) is 0 Å². The lowest BCUT2D eigenvalue weighted by atomic mass is 10.2. The lowest BCUT2D eigenvalue weighted by molar-refractivity contribution is -0.140. The highest BCUT2D eigenvalue weighted by Crippen LogP contribution is 2.20. The fraction of sp³-hybridized carbons (Fsp3) is 0.909. The molecular weight excluding hydrogens is 215 g/mol. The number of hydrogen-bond donors (Lipinski definition) is 0. The topological polar surface area (TPSA) is 26.3 Å². The van der Waals surface area contributed by atoms with Crippen molar-refractivity contribution in [2.24, 2.45) is 0 Å². The third-order valence-corrected chi connectivity index (χ3v) is 3.49. The number of unbranched alkanes of at least 4 members (excludes halogenated alkanes) is 2. The van der Waals surface area contributed by atoms with E-state index in [4.69, 9.17) is 4.74 Å². The van der Waals surface area contributed by atoms with Crippen LogP contribution in [-0.4, -0.2) is 30.8 Å². The Kier molecular flexibility index (Phi) is 10.1. The molecule has 4 heteroatoms. The zero-order valence-corrected chi connectivity index (χ0v) is 10.4. The molecule has 0 bridgehead atoms. The van der Waals surface area contributed by atoms with E-state index >= 15 is 0 Å². The second-order valence-corrected chi connectivity index (χ2v) is 4.73. The number of ether oxygens (including phenoxy) is 1. The molecule has 0 spiro atoms. The standard InChI is InChI=1S/C11H21FO2S/c1-3-4-7-10(11(13)14-2)15-9-6-5-8-12/h10H,3-9H2,1-2H3. The summed E-state index contributed by atoms with van der Waals surface area (Å²) in [5.74, 6) is 0.696. The molecule has 90 valence electrons. The predicted molar refractivity (Wildman–Crippen MR) is 63.0 cm³/mol. The number of alkyl halides is 1. The molecule has 0 saturated heterocycles. The SMILES string of the molecule is CCCCC(SCCCCF)C(=O)OC. The molecule has 0 aromatic rings. The van der Waals surface area contributed by atoms with E-state index < -0.39 is 0 Å². The quantitative estimate of drug-likeness (QED) is 0.454. The van der Waals surface area contributed by atoms with Crippen molar-refractivity contribution in [1.29, 1.82) is 0 Å². The van der Waals surface area contributed by atoms with Crippen LogP contribution >= 0.6 is 11.8 Å². The summed E-state index contributed by atoms with van der Waals surface area (Å²) in [6.45, 7) is 1.83. The molecule has 1 unspecified atom stereocenters. The zero-order chi connectivity index (χ0) is 11.5. The number of hydrogen-bond acceptors (Lipinski definition) is 3. The van der Waals surface area contributed by atoms with Crippen molar-refractivity contribution in [2.45, 2.75) is 44.3 Å². The van der Waals surface area contributed by atoms with Crippen LogP contribution in [0.25, 0.3) is 0 Å². The first kappa shape index (κ1) is 14.8. The largest absolute Gasteiger partial charge is 0.468 e. The summed E-state index contributed by atoms with van der Waals surface area (Å²) in [6.07, 6.45) is 4.41. The number of rotatable bonds is 9. The molecule has 0 amide bonds. The Morgan fingerprint density at radius 2 is 2.13 bits per heavy atom. The highest BCUT2D eigenvalue weighted by atomic mass is 32.2. The highest BCUT2D eigenvalue weighted by Gasteiger charge is 2.18. The molecule has 0 aromatic carbocycles. The van der Waals surface area contributed by atoms with Crippen LogP contribution in [0.2, 0.25) is 0 Å². The number of halogens is 1. The molecule has 0 fully saturated rings. The Morgan fingerprint density at radius 1 is 1.40 bits per heavy atom. The minimum absolute atomic E-state index is 0.0606. The van der Waals surface area contributed by atoms with Gasteiger partial charge >= 0.3 is 5.97 Å². The van der Waals surface area contributed by atoms with E-state index in [0.717, 1.165) is 31.4 Å². The Morgan fingerprint density at radius 3 is 2.67 bits per heavy atom. The first-order chi connectivity index (χ1) is 7.26. The number of thioether (sulfide) groups is 1. The van der Waals surface area contributed by atoms with Gasteiger partial charge in [0.15, 0.2) is 0 Å². The van der Waals surface area contributed by atoms with Crippen LogP contribution in [0, 0.1) is 0 Å². The second kappa shape index (κ2) is 10.3. The molecular formula is C11H21FO2S. The van der Waals surface area contributed by atoms with E-state index in [1.165, 1.54) is 7.11 Å². The summed E-state index contributed by atoms with van der Waals surface area (Å²) in [5.41, 5.74) is 0. The van der Waals surface area contributed by atoms with E-state index in [-0.39, 0.29) is 17.9 Å². The van der Waals surface area contributed by atoms with Crippen LogP contribution in [0.3, 0.4) is 0 Å². The summed E-state index contributed by atoms with van der Waals surface area (Å²) in [5, 5.41) is -0.0606. The minimum atomic E-state index is -0.265. The number of methoxy groups -OCH3 is 1. The van der Waals surface area contributed by atoms with Gasteiger partial charge in [0, 0.05) is 0 Å². The lowest BCUT2D eigenvalue weighted by Gasteiger charge is -2.13.